The SMILES string of the molecule is c1ccc(N=NNNc2ccc(Oc3ccccc3)cc2)cc1. The largest absolute Gasteiger partial charge is 0.457 e. The van der Waals surface area contributed by atoms with Crippen LogP contribution in [-0.2, 0) is 0 Å². The van der Waals surface area contributed by atoms with E-state index in [1.165, 1.54) is 0 Å². The van der Waals surface area contributed by atoms with E-state index >= 15 is 0 Å². The zero-order valence-corrected chi connectivity index (χ0v) is 12.4. The summed E-state index contributed by atoms with van der Waals surface area (Å²) in [6.07, 6.45) is 0. The minimum Gasteiger partial charge on any atom is -0.457 e. The van der Waals surface area contributed by atoms with Gasteiger partial charge in [-0.05, 0) is 48.5 Å². The Kier molecular flexibility index (Phi) is 4.83. The molecule has 3 aromatic carbocycles. The molecule has 114 valence electrons. The van der Waals surface area contributed by atoms with Crippen molar-refractivity contribution in [2.24, 2.45) is 10.3 Å². The van der Waals surface area contributed by atoms with Crippen molar-refractivity contribution in [1.82, 2.24) is 5.53 Å². The standard InChI is InChI=1S/C18H16N4O/c1-3-7-15(8-4-1)19-21-22-20-16-11-13-18(14-12-16)23-17-9-5-2-6-10-17/h1-14H,(H,19,22)(H,20,21). The third-order valence-electron chi connectivity index (χ3n) is 3.01. The number of hydrogen-bond acceptors (Lipinski definition) is 4. The number of hydrogen-bond donors (Lipinski definition) is 2. The molecule has 2 N–H and O–H groups in total. The molecule has 3 rings (SSSR count). The molecule has 3 aromatic rings. The third-order valence-corrected chi connectivity index (χ3v) is 3.01. The topological polar surface area (TPSA) is 58.0 Å². The van der Waals surface area contributed by atoms with Gasteiger partial charge in [-0.15, -0.1) is 5.11 Å². The summed E-state index contributed by atoms with van der Waals surface area (Å²) in [5, 5.41) is 7.88. The van der Waals surface area contributed by atoms with E-state index in [4.69, 9.17) is 4.74 Å². The minimum absolute atomic E-state index is 0.771. The van der Waals surface area contributed by atoms with Crippen molar-refractivity contribution in [2.45, 2.75) is 0 Å². The maximum Gasteiger partial charge on any atom is 0.127 e. The molecule has 0 aliphatic heterocycles. The fraction of sp³-hybridized carbons (Fsp3) is 0. The van der Waals surface area contributed by atoms with E-state index in [9.17, 15) is 0 Å². The normalized spacial score (nSPS) is 10.4. The fourth-order valence-electron chi connectivity index (χ4n) is 1.90. The van der Waals surface area contributed by atoms with Crippen LogP contribution >= 0.6 is 0 Å². The summed E-state index contributed by atoms with van der Waals surface area (Å²) in [7, 11) is 0. The zero-order valence-electron chi connectivity index (χ0n) is 12.4. The molecule has 5 nitrogen and oxygen atoms in total. The van der Waals surface area contributed by atoms with Gasteiger partial charge in [-0.1, -0.05) is 41.6 Å². The highest BCUT2D eigenvalue weighted by atomic mass is 16.5. The van der Waals surface area contributed by atoms with Crippen LogP contribution in [0.15, 0.2) is 95.3 Å². The Balaban J connectivity index is 1.51. The zero-order chi connectivity index (χ0) is 15.7. The first-order valence-corrected chi connectivity index (χ1v) is 7.20. The lowest BCUT2D eigenvalue weighted by Crippen LogP contribution is -2.13. The first-order chi connectivity index (χ1) is 11.4. The second-order valence-electron chi connectivity index (χ2n) is 4.71. The van der Waals surface area contributed by atoms with E-state index in [1.54, 1.807) is 0 Å². The molecular formula is C18H16N4O. The first-order valence-electron chi connectivity index (χ1n) is 7.20. The summed E-state index contributed by atoms with van der Waals surface area (Å²) in [4.78, 5) is 0. The Bertz CT molecular complexity index is 743. The third kappa shape index (κ3) is 4.57. The van der Waals surface area contributed by atoms with E-state index in [1.807, 2.05) is 84.9 Å². The van der Waals surface area contributed by atoms with Gasteiger partial charge >= 0.3 is 0 Å². The van der Waals surface area contributed by atoms with Gasteiger partial charge in [-0.3, -0.25) is 5.43 Å². The maximum atomic E-state index is 5.73. The van der Waals surface area contributed by atoms with E-state index in [0.717, 1.165) is 22.9 Å². The van der Waals surface area contributed by atoms with Crippen molar-refractivity contribution >= 4 is 11.4 Å². The van der Waals surface area contributed by atoms with Gasteiger partial charge in [0.25, 0.3) is 0 Å². The molecule has 0 saturated carbocycles. The molecule has 0 radical (unpaired) electrons. The van der Waals surface area contributed by atoms with Gasteiger partial charge < -0.3 is 4.74 Å². The number of nitrogens with zero attached hydrogens (tertiary/aromatic N) is 2. The van der Waals surface area contributed by atoms with Gasteiger partial charge in [-0.2, -0.15) is 0 Å². The van der Waals surface area contributed by atoms with Crippen LogP contribution in [-0.4, -0.2) is 0 Å². The number of benzene rings is 3. The quantitative estimate of drug-likeness (QED) is 0.492. The van der Waals surface area contributed by atoms with Gasteiger partial charge in [-0.25, -0.2) is 5.53 Å². The van der Waals surface area contributed by atoms with Crippen molar-refractivity contribution in [1.29, 1.82) is 0 Å². The number of rotatable bonds is 6. The smallest absolute Gasteiger partial charge is 0.127 e. The number of nitrogens with one attached hydrogen (secondary N) is 2. The summed E-state index contributed by atoms with van der Waals surface area (Å²) < 4.78 is 5.73. The van der Waals surface area contributed by atoms with Gasteiger partial charge in [0.05, 0.1) is 11.4 Å². The Morgan fingerprint density at radius 1 is 0.652 bits per heavy atom. The monoisotopic (exact) mass is 304 g/mol. The lowest BCUT2D eigenvalue weighted by Gasteiger charge is -2.07. The summed E-state index contributed by atoms with van der Waals surface area (Å²) in [6, 6.07) is 26.7. The molecule has 5 heteroatoms. The highest BCUT2D eigenvalue weighted by Gasteiger charge is 1.96. The van der Waals surface area contributed by atoms with Crippen LogP contribution in [0.1, 0.15) is 0 Å². The Morgan fingerprint density at radius 2 is 1.26 bits per heavy atom. The van der Waals surface area contributed by atoms with E-state index in [2.05, 4.69) is 21.3 Å². The average molecular weight is 304 g/mol. The van der Waals surface area contributed by atoms with Crippen LogP contribution in [0.25, 0.3) is 0 Å². The van der Waals surface area contributed by atoms with Crippen LogP contribution in [0.4, 0.5) is 11.4 Å². The van der Waals surface area contributed by atoms with Crippen molar-refractivity contribution in [3.05, 3.63) is 84.9 Å². The molecule has 23 heavy (non-hydrogen) atoms. The number of ether oxygens (including phenoxy) is 1. The van der Waals surface area contributed by atoms with Crippen molar-refractivity contribution in [2.75, 3.05) is 5.43 Å². The average Bonchev–Trinajstić information content (AvgIpc) is 2.62. The molecule has 0 amide bonds. The molecular weight excluding hydrogens is 288 g/mol. The predicted molar refractivity (Wildman–Crippen MR) is 90.7 cm³/mol. The molecule has 0 aliphatic rings. The molecule has 0 unspecified atom stereocenters. The van der Waals surface area contributed by atoms with E-state index < -0.39 is 0 Å². The van der Waals surface area contributed by atoms with Crippen molar-refractivity contribution < 1.29 is 4.74 Å². The van der Waals surface area contributed by atoms with Crippen LogP contribution < -0.4 is 15.7 Å². The minimum atomic E-state index is 0.771. The van der Waals surface area contributed by atoms with Crippen LogP contribution in [0.2, 0.25) is 0 Å². The molecule has 0 aliphatic carbocycles. The molecule has 0 saturated heterocycles. The summed E-state index contributed by atoms with van der Waals surface area (Å²) >= 11 is 0. The van der Waals surface area contributed by atoms with E-state index in [-0.39, 0.29) is 0 Å². The highest BCUT2D eigenvalue weighted by Crippen LogP contribution is 2.22. The van der Waals surface area contributed by atoms with Gasteiger partial charge in [0.15, 0.2) is 0 Å². The van der Waals surface area contributed by atoms with Gasteiger partial charge in [0, 0.05) is 0 Å². The van der Waals surface area contributed by atoms with Crippen molar-refractivity contribution in [3.63, 3.8) is 0 Å². The Morgan fingerprint density at radius 3 is 1.96 bits per heavy atom. The van der Waals surface area contributed by atoms with Crippen LogP contribution in [0.5, 0.6) is 11.5 Å². The second kappa shape index (κ2) is 7.61. The summed E-state index contributed by atoms with van der Waals surface area (Å²) in [6.45, 7) is 0. The first kappa shape index (κ1) is 14.6. The Hall–Kier alpha value is -3.34. The summed E-state index contributed by atoms with van der Waals surface area (Å²) in [5.74, 6) is 1.58. The Labute approximate surface area is 134 Å². The van der Waals surface area contributed by atoms with Crippen molar-refractivity contribution in [3.8, 4) is 11.5 Å². The summed E-state index contributed by atoms with van der Waals surface area (Å²) in [5.41, 5.74) is 7.27. The molecule has 0 atom stereocenters. The predicted octanol–water partition coefficient (Wildman–Crippen LogP) is 5.09. The van der Waals surface area contributed by atoms with Gasteiger partial charge in [0.2, 0.25) is 0 Å². The lowest BCUT2D eigenvalue weighted by atomic mass is 10.3. The highest BCUT2D eigenvalue weighted by molar-refractivity contribution is 5.46. The van der Waals surface area contributed by atoms with Crippen LogP contribution in [0.3, 0.4) is 0 Å². The molecule has 0 aromatic heterocycles. The second-order valence-corrected chi connectivity index (χ2v) is 4.71. The molecule has 0 fully saturated rings. The number of hydrazine groups is 1. The van der Waals surface area contributed by atoms with Crippen LogP contribution in [0, 0.1) is 0 Å². The number of para-hydroxylation sites is 1. The van der Waals surface area contributed by atoms with Gasteiger partial charge in [0.1, 0.15) is 11.5 Å². The lowest BCUT2D eigenvalue weighted by molar-refractivity contribution is 0.483. The number of anilines is 1. The van der Waals surface area contributed by atoms with E-state index in [0.29, 0.717) is 0 Å². The fourth-order valence-corrected chi connectivity index (χ4v) is 1.90. The maximum absolute atomic E-state index is 5.73. The molecule has 0 bridgehead atoms. The molecule has 0 spiro atoms. The molecule has 0 heterocycles.